The molecule has 0 saturated carbocycles. The Hall–Kier alpha value is 0.450. The first-order valence-electron chi connectivity index (χ1n) is 1.64. The molecule has 5 heteroatoms. The Kier molecular flexibility index (Phi) is 3.67. The molecule has 0 fully saturated rings. The summed E-state index contributed by atoms with van der Waals surface area (Å²) in [5.74, 6) is 0. The minimum absolute atomic E-state index is 0.674. The zero-order chi connectivity index (χ0) is 5.86. The van der Waals surface area contributed by atoms with E-state index in [2.05, 4.69) is 4.31 Å². The molecule has 0 amide bonds. The van der Waals surface area contributed by atoms with E-state index >= 15 is 0 Å². The van der Waals surface area contributed by atoms with Crippen molar-refractivity contribution in [1.29, 1.82) is 0 Å². The van der Waals surface area contributed by atoms with Gasteiger partial charge in [-0.1, -0.05) is 4.31 Å². The molecular weight excluding hydrogens is 134 g/mol. The average Bonchev–Trinajstić information content (AvgIpc) is 1.27. The molecule has 0 aromatic carbocycles. The molecule has 0 aromatic rings. The Morgan fingerprint density at radius 3 is 2.14 bits per heavy atom. The fourth-order valence-corrected chi connectivity index (χ4v) is 1.26. The van der Waals surface area contributed by atoms with Crippen molar-refractivity contribution in [3.63, 3.8) is 0 Å². The first-order valence-corrected chi connectivity index (χ1v) is 4.93. The van der Waals surface area contributed by atoms with Crippen molar-refractivity contribution < 1.29 is 13.8 Å². The molecule has 0 aliphatic carbocycles. The molecule has 7 heavy (non-hydrogen) atoms. The van der Waals surface area contributed by atoms with Crippen LogP contribution in [0.5, 0.6) is 0 Å². The standard InChI is InChI=1S/C2H6O3P2/c1-6(2)5-7(3)4/h1-2H3/p+1. The monoisotopic (exact) mass is 141 g/mol. The molecule has 0 aliphatic rings. The van der Waals surface area contributed by atoms with E-state index in [1.54, 1.807) is 13.3 Å². The smallest absolute Gasteiger partial charge is 0.133 e. The van der Waals surface area contributed by atoms with Gasteiger partial charge in [0.2, 0.25) is 0 Å². The molecule has 42 valence electrons. The molecule has 1 atom stereocenters. The maximum absolute atomic E-state index is 9.75. The van der Waals surface area contributed by atoms with Crippen LogP contribution in [0, 0.1) is 0 Å². The van der Waals surface area contributed by atoms with E-state index < -0.39 is 16.4 Å². The van der Waals surface area contributed by atoms with Gasteiger partial charge in [0.25, 0.3) is 0 Å². The zero-order valence-corrected chi connectivity index (χ0v) is 5.95. The van der Waals surface area contributed by atoms with Gasteiger partial charge in [-0.2, -0.15) is 0 Å². The van der Waals surface area contributed by atoms with Gasteiger partial charge in [0, 0.05) is 4.57 Å². The van der Waals surface area contributed by atoms with Gasteiger partial charge in [0.05, 0.1) is 8.15 Å². The quantitative estimate of drug-likeness (QED) is 0.589. The predicted octanol–water partition coefficient (Wildman–Crippen LogP) is 1.31. The van der Waals surface area contributed by atoms with Crippen molar-refractivity contribution in [1.82, 2.24) is 0 Å². The predicted molar refractivity (Wildman–Crippen MR) is 29.7 cm³/mol. The zero-order valence-electron chi connectivity index (χ0n) is 4.16. The molecule has 0 aromatic heterocycles. The molecular formula is C2H7O3P2+. The van der Waals surface area contributed by atoms with Gasteiger partial charge in [0.15, 0.2) is 0 Å². The normalized spacial score (nSPS) is 12.3. The Balaban J connectivity index is 3.13. The van der Waals surface area contributed by atoms with Gasteiger partial charge in [0.1, 0.15) is 0 Å². The molecule has 0 heterocycles. The van der Waals surface area contributed by atoms with Crippen LogP contribution in [-0.4, -0.2) is 18.2 Å². The lowest BCUT2D eigenvalue weighted by atomic mass is 11.9. The maximum Gasteiger partial charge on any atom is 0.697 e. The molecule has 0 aliphatic heterocycles. The summed E-state index contributed by atoms with van der Waals surface area (Å²) >= 11 is 0. The highest BCUT2D eigenvalue weighted by atomic mass is 31.2. The van der Waals surface area contributed by atoms with Gasteiger partial charge in [-0.15, -0.1) is 4.89 Å². The van der Waals surface area contributed by atoms with E-state index in [0.29, 0.717) is 0 Å². The van der Waals surface area contributed by atoms with Crippen LogP contribution in [0.25, 0.3) is 0 Å². The molecule has 1 unspecified atom stereocenters. The van der Waals surface area contributed by atoms with Crippen molar-refractivity contribution in [2.24, 2.45) is 0 Å². The third kappa shape index (κ3) is 6.45. The highest BCUT2D eigenvalue weighted by Crippen LogP contribution is 2.37. The summed E-state index contributed by atoms with van der Waals surface area (Å²) in [5.41, 5.74) is 0. The number of hydrogen-bond donors (Lipinski definition) is 1. The summed E-state index contributed by atoms with van der Waals surface area (Å²) in [7, 11) is -3.03. The highest BCUT2D eigenvalue weighted by Gasteiger charge is 2.13. The van der Waals surface area contributed by atoms with Crippen molar-refractivity contribution in [3.8, 4) is 0 Å². The van der Waals surface area contributed by atoms with Crippen molar-refractivity contribution in [2.75, 3.05) is 13.3 Å². The summed E-state index contributed by atoms with van der Waals surface area (Å²) in [6, 6.07) is 0. The summed E-state index contributed by atoms with van der Waals surface area (Å²) < 4.78 is 14.1. The topological polar surface area (TPSA) is 46.5 Å². The lowest BCUT2D eigenvalue weighted by Crippen LogP contribution is -1.65. The van der Waals surface area contributed by atoms with Crippen LogP contribution < -0.4 is 0 Å². The van der Waals surface area contributed by atoms with Crippen LogP contribution in [-0.2, 0) is 8.88 Å². The second-order valence-corrected chi connectivity index (χ2v) is 3.89. The van der Waals surface area contributed by atoms with Crippen molar-refractivity contribution >= 4 is 16.4 Å². The van der Waals surface area contributed by atoms with E-state index in [1.165, 1.54) is 0 Å². The van der Waals surface area contributed by atoms with Gasteiger partial charge >= 0.3 is 8.25 Å². The Morgan fingerprint density at radius 2 is 2.14 bits per heavy atom. The van der Waals surface area contributed by atoms with E-state index in [-0.39, 0.29) is 0 Å². The van der Waals surface area contributed by atoms with E-state index in [1.807, 2.05) is 0 Å². The first kappa shape index (κ1) is 7.45. The Morgan fingerprint density at radius 1 is 1.71 bits per heavy atom. The van der Waals surface area contributed by atoms with Crippen LogP contribution in [0.4, 0.5) is 0 Å². The second-order valence-electron chi connectivity index (χ2n) is 1.13. The highest BCUT2D eigenvalue weighted by molar-refractivity contribution is 7.58. The maximum atomic E-state index is 9.75. The summed E-state index contributed by atoms with van der Waals surface area (Å²) in [4.78, 5) is 8.03. The lowest BCUT2D eigenvalue weighted by Gasteiger charge is -1.85. The van der Waals surface area contributed by atoms with E-state index in [4.69, 9.17) is 4.89 Å². The third-order valence-corrected chi connectivity index (χ3v) is 2.10. The summed E-state index contributed by atoms with van der Waals surface area (Å²) in [5, 5.41) is 0. The van der Waals surface area contributed by atoms with Crippen molar-refractivity contribution in [2.45, 2.75) is 0 Å². The molecule has 0 spiro atoms. The fourth-order valence-electron chi connectivity index (χ4n) is 0.140. The van der Waals surface area contributed by atoms with E-state index in [9.17, 15) is 4.57 Å². The lowest BCUT2D eigenvalue weighted by molar-refractivity contribution is 0.427. The van der Waals surface area contributed by atoms with Crippen molar-refractivity contribution in [3.05, 3.63) is 0 Å². The second kappa shape index (κ2) is 3.45. The Bertz CT molecular complexity index is 71.3. The first-order chi connectivity index (χ1) is 3.13. The summed E-state index contributed by atoms with van der Waals surface area (Å²) in [6.45, 7) is 3.53. The molecule has 3 nitrogen and oxygen atoms in total. The largest absolute Gasteiger partial charge is 0.697 e. The molecule has 0 bridgehead atoms. The fraction of sp³-hybridized carbons (Fsp3) is 1.00. The van der Waals surface area contributed by atoms with Gasteiger partial charge < -0.3 is 0 Å². The van der Waals surface area contributed by atoms with Gasteiger partial charge in [-0.05, 0) is 13.3 Å². The minimum Gasteiger partial charge on any atom is -0.133 e. The van der Waals surface area contributed by atoms with Crippen LogP contribution >= 0.6 is 16.4 Å². The summed E-state index contributed by atoms with van der Waals surface area (Å²) in [6.07, 6.45) is 0. The minimum atomic E-state index is -2.36. The number of rotatable bonds is 2. The molecule has 0 saturated heterocycles. The van der Waals surface area contributed by atoms with E-state index in [0.717, 1.165) is 0 Å². The van der Waals surface area contributed by atoms with Crippen LogP contribution in [0.1, 0.15) is 0 Å². The SMILES string of the molecule is CP(C)O[P+](=O)O. The van der Waals surface area contributed by atoms with Crippen LogP contribution in [0.15, 0.2) is 0 Å². The van der Waals surface area contributed by atoms with Crippen LogP contribution in [0.3, 0.4) is 0 Å². The number of hydrogen-bond acceptors (Lipinski definition) is 2. The molecule has 1 N–H and O–H groups in total. The van der Waals surface area contributed by atoms with Gasteiger partial charge in [-0.25, -0.2) is 0 Å². The Labute approximate surface area is 44.5 Å². The van der Waals surface area contributed by atoms with Crippen LogP contribution in [0.2, 0.25) is 0 Å². The van der Waals surface area contributed by atoms with Gasteiger partial charge in [-0.3, -0.25) is 0 Å². The third-order valence-electron chi connectivity index (χ3n) is 0.233. The molecule has 0 radical (unpaired) electrons. The average molecular weight is 141 g/mol. The molecule has 0 rings (SSSR count).